The first-order valence-electron chi connectivity index (χ1n) is 5.92. The van der Waals surface area contributed by atoms with Gasteiger partial charge >= 0.3 is 0 Å². The fourth-order valence-electron chi connectivity index (χ4n) is 1.45. The van der Waals surface area contributed by atoms with Crippen LogP contribution in [0, 0.1) is 0 Å². The van der Waals surface area contributed by atoms with Gasteiger partial charge in [0, 0.05) is 7.05 Å². The van der Waals surface area contributed by atoms with Crippen molar-refractivity contribution in [3.63, 3.8) is 0 Å². The average Bonchev–Trinajstić information content (AvgIpc) is 2.43. The highest BCUT2D eigenvalue weighted by molar-refractivity contribution is 5.66. The third kappa shape index (κ3) is 2.54. The number of aromatic nitrogens is 2. The summed E-state index contributed by atoms with van der Waals surface area (Å²) in [6.45, 7) is 9.43. The van der Waals surface area contributed by atoms with Gasteiger partial charge in [0.05, 0.1) is 22.5 Å². The second-order valence-electron chi connectivity index (χ2n) is 5.50. The molecule has 1 aromatic heterocycles. The summed E-state index contributed by atoms with van der Waals surface area (Å²) in [5, 5.41) is 17.7. The molecule has 0 fully saturated rings. The van der Waals surface area contributed by atoms with Crippen LogP contribution in [0.15, 0.2) is 0 Å². The van der Waals surface area contributed by atoms with Crippen molar-refractivity contribution in [2.75, 3.05) is 11.1 Å². The molecule has 0 aromatic carbocycles. The maximum absolute atomic E-state index is 10.1. The maximum Gasteiger partial charge on any atom is 0.148 e. The van der Waals surface area contributed by atoms with E-state index in [0.717, 1.165) is 17.9 Å². The summed E-state index contributed by atoms with van der Waals surface area (Å²) in [5.74, 6) is 0.758. The predicted octanol–water partition coefficient (Wildman–Crippen LogP) is 1.53. The minimum Gasteiger partial charge on any atom is -0.394 e. The fraction of sp³-hybridized carbons (Fsp3) is 0.750. The van der Waals surface area contributed by atoms with Crippen LogP contribution in [-0.4, -0.2) is 26.0 Å². The summed E-state index contributed by atoms with van der Waals surface area (Å²) in [6, 6.07) is 0. The first-order chi connectivity index (χ1) is 7.60. The molecule has 5 heteroatoms. The zero-order valence-corrected chi connectivity index (χ0v) is 11.6. The highest BCUT2D eigenvalue weighted by atomic mass is 16.3. The van der Waals surface area contributed by atoms with Gasteiger partial charge in [0.2, 0.25) is 0 Å². The normalized spacial score (nSPS) is 12.9. The third-order valence-corrected chi connectivity index (χ3v) is 3.46. The summed E-state index contributed by atoms with van der Waals surface area (Å²) in [5.41, 5.74) is 6.21. The molecule has 0 saturated carbocycles. The number of aliphatic hydroxyl groups is 1. The van der Waals surface area contributed by atoms with E-state index in [4.69, 9.17) is 5.73 Å². The summed E-state index contributed by atoms with van der Waals surface area (Å²) in [6.07, 6.45) is 0.796. The van der Waals surface area contributed by atoms with E-state index in [-0.39, 0.29) is 0 Å². The molecule has 5 nitrogen and oxygen atoms in total. The largest absolute Gasteiger partial charge is 0.394 e. The van der Waals surface area contributed by atoms with Gasteiger partial charge in [0.15, 0.2) is 0 Å². The molecule has 0 aliphatic carbocycles. The minimum atomic E-state index is -0.865. The molecule has 0 spiro atoms. The Bertz CT molecular complexity index is 401. The van der Waals surface area contributed by atoms with E-state index in [9.17, 15) is 5.11 Å². The average molecular weight is 240 g/mol. The van der Waals surface area contributed by atoms with Crippen molar-refractivity contribution in [1.29, 1.82) is 0 Å². The molecule has 0 radical (unpaired) electrons. The maximum atomic E-state index is 10.1. The molecule has 4 N–H and O–H groups in total. The van der Waals surface area contributed by atoms with Gasteiger partial charge in [0.25, 0.3) is 0 Å². The van der Waals surface area contributed by atoms with Crippen LogP contribution in [-0.2, 0) is 13.5 Å². The lowest BCUT2D eigenvalue weighted by atomic mass is 9.86. The van der Waals surface area contributed by atoms with Gasteiger partial charge < -0.3 is 16.2 Å². The Labute approximate surface area is 103 Å². The number of hydrogen-bond donors (Lipinski definition) is 3. The molecule has 0 aliphatic heterocycles. The van der Waals surface area contributed by atoms with Gasteiger partial charge in [-0.15, -0.1) is 0 Å². The van der Waals surface area contributed by atoms with Crippen molar-refractivity contribution in [2.45, 2.75) is 52.2 Å². The summed E-state index contributed by atoms with van der Waals surface area (Å²) in [4.78, 5) is 0. The van der Waals surface area contributed by atoms with Crippen LogP contribution in [0.2, 0.25) is 0 Å². The summed E-state index contributed by atoms with van der Waals surface area (Å²) in [7, 11) is 1.85. The topological polar surface area (TPSA) is 76.1 Å². The Kier molecular flexibility index (Phi) is 3.43. The Hall–Kier alpha value is -1.23. The van der Waals surface area contributed by atoms with Gasteiger partial charge in [0.1, 0.15) is 5.82 Å². The molecule has 0 atom stereocenters. The van der Waals surface area contributed by atoms with Crippen molar-refractivity contribution < 1.29 is 5.11 Å². The lowest BCUT2D eigenvalue weighted by molar-refractivity contribution is 0.0238. The van der Waals surface area contributed by atoms with Crippen molar-refractivity contribution in [1.82, 2.24) is 9.78 Å². The zero-order valence-electron chi connectivity index (χ0n) is 11.6. The molecule has 17 heavy (non-hydrogen) atoms. The second kappa shape index (κ2) is 4.22. The highest BCUT2D eigenvalue weighted by Crippen LogP contribution is 2.30. The smallest absolute Gasteiger partial charge is 0.148 e. The molecule has 0 amide bonds. The molecule has 1 aromatic rings. The second-order valence-corrected chi connectivity index (χ2v) is 5.50. The Morgan fingerprint density at radius 1 is 1.35 bits per heavy atom. The van der Waals surface area contributed by atoms with E-state index in [1.807, 2.05) is 27.8 Å². The first-order valence-corrected chi connectivity index (χ1v) is 5.92. The molecular formula is C12H24N4O. The Morgan fingerprint density at radius 3 is 2.24 bits per heavy atom. The number of hydrogen-bond acceptors (Lipinski definition) is 4. The molecule has 98 valence electrons. The number of anilines is 2. The van der Waals surface area contributed by atoms with E-state index < -0.39 is 11.1 Å². The van der Waals surface area contributed by atoms with E-state index in [1.165, 1.54) is 0 Å². The van der Waals surface area contributed by atoms with Crippen LogP contribution in [0.1, 0.15) is 40.3 Å². The SMILES string of the molecule is CCc1nn(C)c(NC(C)(C)C(C)(C)O)c1N. The molecule has 0 saturated heterocycles. The van der Waals surface area contributed by atoms with Crippen molar-refractivity contribution in [2.24, 2.45) is 7.05 Å². The number of nitrogens with zero attached hydrogens (tertiary/aromatic N) is 2. The Morgan fingerprint density at radius 2 is 1.88 bits per heavy atom. The molecule has 1 rings (SSSR count). The molecule has 0 unspecified atom stereocenters. The summed E-state index contributed by atoms with van der Waals surface area (Å²) >= 11 is 0. The number of rotatable bonds is 4. The van der Waals surface area contributed by atoms with Gasteiger partial charge in [-0.25, -0.2) is 0 Å². The lowest BCUT2D eigenvalue weighted by Crippen LogP contribution is -2.51. The predicted molar refractivity (Wildman–Crippen MR) is 71.0 cm³/mol. The quantitative estimate of drug-likeness (QED) is 0.746. The van der Waals surface area contributed by atoms with Gasteiger partial charge in [-0.05, 0) is 34.1 Å². The third-order valence-electron chi connectivity index (χ3n) is 3.46. The number of aryl methyl sites for hydroxylation is 2. The molecular weight excluding hydrogens is 216 g/mol. The van der Waals surface area contributed by atoms with Crippen molar-refractivity contribution in [3.05, 3.63) is 5.69 Å². The number of nitrogen functional groups attached to an aromatic ring is 1. The van der Waals surface area contributed by atoms with Gasteiger partial charge in [-0.1, -0.05) is 6.92 Å². The lowest BCUT2D eigenvalue weighted by Gasteiger charge is -2.38. The van der Waals surface area contributed by atoms with Crippen molar-refractivity contribution in [3.8, 4) is 0 Å². The van der Waals surface area contributed by atoms with Crippen LogP contribution in [0.3, 0.4) is 0 Å². The number of nitrogens with two attached hydrogens (primary N) is 1. The van der Waals surface area contributed by atoms with Crippen LogP contribution >= 0.6 is 0 Å². The standard InChI is InChI=1S/C12H24N4O/c1-7-8-9(13)10(16(6)15-8)14-11(2,3)12(4,5)17/h14,17H,7,13H2,1-6H3. The fourth-order valence-corrected chi connectivity index (χ4v) is 1.45. The Balaban J connectivity index is 3.08. The van der Waals surface area contributed by atoms with Crippen LogP contribution in [0.25, 0.3) is 0 Å². The van der Waals surface area contributed by atoms with Crippen molar-refractivity contribution >= 4 is 11.5 Å². The van der Waals surface area contributed by atoms with E-state index in [0.29, 0.717) is 5.69 Å². The molecule has 0 bridgehead atoms. The van der Waals surface area contributed by atoms with Gasteiger partial charge in [-0.3, -0.25) is 4.68 Å². The zero-order chi connectivity index (χ0) is 13.4. The highest BCUT2D eigenvalue weighted by Gasteiger charge is 2.36. The van der Waals surface area contributed by atoms with E-state index >= 15 is 0 Å². The first kappa shape index (κ1) is 13.8. The van der Waals surface area contributed by atoms with Crippen LogP contribution in [0.5, 0.6) is 0 Å². The summed E-state index contributed by atoms with van der Waals surface area (Å²) < 4.78 is 1.72. The number of nitrogens with one attached hydrogen (secondary N) is 1. The van der Waals surface area contributed by atoms with E-state index in [1.54, 1.807) is 18.5 Å². The molecule has 1 heterocycles. The van der Waals surface area contributed by atoms with Crippen LogP contribution in [0.4, 0.5) is 11.5 Å². The monoisotopic (exact) mass is 240 g/mol. The van der Waals surface area contributed by atoms with Gasteiger partial charge in [-0.2, -0.15) is 5.10 Å². The van der Waals surface area contributed by atoms with Crippen LogP contribution < -0.4 is 11.1 Å². The molecule has 0 aliphatic rings. The minimum absolute atomic E-state index is 0.500. The van der Waals surface area contributed by atoms with E-state index in [2.05, 4.69) is 10.4 Å².